The molecule has 2 amide bonds. The van der Waals surface area contributed by atoms with Crippen molar-refractivity contribution in [3.05, 3.63) is 0 Å². The van der Waals surface area contributed by atoms with Gasteiger partial charge in [0.2, 0.25) is 0 Å². The van der Waals surface area contributed by atoms with Crippen molar-refractivity contribution in [1.82, 2.24) is 9.80 Å². The first-order valence-corrected chi connectivity index (χ1v) is 8.06. The van der Waals surface area contributed by atoms with Crippen LogP contribution < -0.4 is 0 Å². The number of amides is 2. The summed E-state index contributed by atoms with van der Waals surface area (Å²) in [6, 6.07) is -0.546. The zero-order valence-electron chi connectivity index (χ0n) is 13.6. The molecule has 0 bridgehead atoms. The highest BCUT2D eigenvalue weighted by atomic mass is 16.4. The molecule has 0 aromatic carbocycles. The van der Waals surface area contributed by atoms with Crippen LogP contribution in [0.3, 0.4) is 0 Å². The minimum absolute atomic E-state index is 0.0774. The number of hydrogen-bond donors (Lipinski definition) is 1. The molecule has 2 aliphatic rings. The van der Waals surface area contributed by atoms with Gasteiger partial charge in [-0.25, -0.2) is 9.59 Å². The summed E-state index contributed by atoms with van der Waals surface area (Å²) >= 11 is 0. The van der Waals surface area contributed by atoms with Crippen LogP contribution in [0, 0.1) is 11.3 Å². The molecule has 5 nitrogen and oxygen atoms in total. The van der Waals surface area contributed by atoms with Crippen molar-refractivity contribution < 1.29 is 14.7 Å². The van der Waals surface area contributed by atoms with Gasteiger partial charge in [-0.15, -0.1) is 0 Å². The summed E-state index contributed by atoms with van der Waals surface area (Å²) in [5, 5.41) is 9.60. The average molecular weight is 296 g/mol. The summed E-state index contributed by atoms with van der Waals surface area (Å²) in [6.07, 6.45) is 3.77. The van der Waals surface area contributed by atoms with Crippen LogP contribution in [0.25, 0.3) is 0 Å². The van der Waals surface area contributed by atoms with Crippen LogP contribution in [0.15, 0.2) is 0 Å². The molecule has 2 aliphatic heterocycles. The number of carboxylic acids is 1. The van der Waals surface area contributed by atoms with Gasteiger partial charge in [-0.2, -0.15) is 0 Å². The van der Waals surface area contributed by atoms with Gasteiger partial charge in [-0.3, -0.25) is 0 Å². The van der Waals surface area contributed by atoms with Crippen LogP contribution >= 0.6 is 0 Å². The molecule has 120 valence electrons. The van der Waals surface area contributed by atoms with E-state index in [1.165, 1.54) is 0 Å². The Morgan fingerprint density at radius 2 is 1.76 bits per heavy atom. The maximum atomic E-state index is 12.9. The van der Waals surface area contributed by atoms with Crippen LogP contribution in [-0.2, 0) is 4.79 Å². The molecule has 0 spiro atoms. The molecule has 0 saturated carbocycles. The predicted molar refractivity (Wildman–Crippen MR) is 81.1 cm³/mol. The molecule has 2 rings (SSSR count). The van der Waals surface area contributed by atoms with Gasteiger partial charge in [-0.05, 0) is 37.0 Å². The highest BCUT2D eigenvalue weighted by molar-refractivity contribution is 5.84. The number of likely N-dealkylation sites (tertiary alicyclic amines) is 2. The van der Waals surface area contributed by atoms with E-state index in [2.05, 4.69) is 13.8 Å². The molecule has 2 heterocycles. The van der Waals surface area contributed by atoms with Crippen LogP contribution in [0.5, 0.6) is 0 Å². The molecule has 2 unspecified atom stereocenters. The number of nitrogens with zero attached hydrogens (tertiary/aromatic N) is 2. The van der Waals surface area contributed by atoms with Crippen LogP contribution in [0.2, 0.25) is 0 Å². The topological polar surface area (TPSA) is 60.9 Å². The van der Waals surface area contributed by atoms with Gasteiger partial charge in [0.25, 0.3) is 0 Å². The molecule has 2 fully saturated rings. The SMILES string of the molecule is CC(C)C1CCCN1C(=O)N1CCCC(C)(C)C1C(=O)O. The number of aliphatic carboxylic acids is 1. The summed E-state index contributed by atoms with van der Waals surface area (Å²) in [7, 11) is 0. The Hall–Kier alpha value is -1.26. The Labute approximate surface area is 127 Å². The first-order chi connectivity index (χ1) is 9.75. The van der Waals surface area contributed by atoms with Crippen LogP contribution in [0.4, 0.5) is 4.79 Å². The van der Waals surface area contributed by atoms with E-state index in [1.807, 2.05) is 18.7 Å². The normalized spacial score (nSPS) is 29.0. The third-order valence-corrected chi connectivity index (χ3v) is 5.07. The summed E-state index contributed by atoms with van der Waals surface area (Å²) < 4.78 is 0. The smallest absolute Gasteiger partial charge is 0.327 e. The van der Waals surface area contributed by atoms with Crippen molar-refractivity contribution in [2.45, 2.75) is 65.5 Å². The van der Waals surface area contributed by atoms with E-state index in [0.717, 1.165) is 32.2 Å². The highest BCUT2D eigenvalue weighted by Gasteiger charge is 2.46. The first-order valence-electron chi connectivity index (χ1n) is 8.06. The predicted octanol–water partition coefficient (Wildman–Crippen LogP) is 2.80. The van der Waals surface area contributed by atoms with Gasteiger partial charge in [-0.1, -0.05) is 27.7 Å². The second-order valence-electron chi connectivity index (χ2n) is 7.46. The average Bonchev–Trinajstić information content (AvgIpc) is 2.85. The van der Waals surface area contributed by atoms with Crippen molar-refractivity contribution in [1.29, 1.82) is 0 Å². The van der Waals surface area contributed by atoms with Crippen molar-refractivity contribution in [2.24, 2.45) is 11.3 Å². The van der Waals surface area contributed by atoms with Gasteiger partial charge in [0.15, 0.2) is 0 Å². The van der Waals surface area contributed by atoms with Gasteiger partial charge < -0.3 is 14.9 Å². The lowest BCUT2D eigenvalue weighted by Gasteiger charge is -2.46. The fraction of sp³-hybridized carbons (Fsp3) is 0.875. The third kappa shape index (κ3) is 3.01. The molecule has 5 heteroatoms. The van der Waals surface area contributed by atoms with Crippen molar-refractivity contribution >= 4 is 12.0 Å². The lowest BCUT2D eigenvalue weighted by atomic mass is 9.76. The number of piperidine rings is 1. The first kappa shape index (κ1) is 16.1. The molecular weight excluding hydrogens is 268 g/mol. The second-order valence-corrected chi connectivity index (χ2v) is 7.46. The zero-order chi connectivity index (χ0) is 15.8. The van der Waals surface area contributed by atoms with Crippen molar-refractivity contribution in [2.75, 3.05) is 13.1 Å². The molecule has 2 atom stereocenters. The van der Waals surface area contributed by atoms with E-state index in [1.54, 1.807) is 4.90 Å². The van der Waals surface area contributed by atoms with E-state index >= 15 is 0 Å². The van der Waals surface area contributed by atoms with Gasteiger partial charge in [0.05, 0.1) is 0 Å². The number of hydrogen-bond acceptors (Lipinski definition) is 2. The lowest BCUT2D eigenvalue weighted by molar-refractivity contribution is -0.148. The maximum Gasteiger partial charge on any atom is 0.327 e. The largest absolute Gasteiger partial charge is 0.480 e. The Balaban J connectivity index is 2.22. The fourth-order valence-electron chi connectivity index (χ4n) is 3.95. The molecule has 0 aromatic rings. The van der Waals surface area contributed by atoms with E-state index in [9.17, 15) is 14.7 Å². The standard InChI is InChI=1S/C16H28N2O3/c1-11(2)12-7-5-9-17(12)15(21)18-10-6-8-16(3,4)13(18)14(19)20/h11-13H,5-10H2,1-4H3,(H,19,20). The fourth-order valence-corrected chi connectivity index (χ4v) is 3.95. The van der Waals surface area contributed by atoms with E-state index in [0.29, 0.717) is 12.5 Å². The maximum absolute atomic E-state index is 12.9. The third-order valence-electron chi connectivity index (χ3n) is 5.07. The molecule has 21 heavy (non-hydrogen) atoms. The number of urea groups is 1. The zero-order valence-corrected chi connectivity index (χ0v) is 13.6. The quantitative estimate of drug-likeness (QED) is 0.852. The van der Waals surface area contributed by atoms with Crippen LogP contribution in [-0.4, -0.2) is 52.1 Å². The van der Waals surface area contributed by atoms with Crippen molar-refractivity contribution in [3.63, 3.8) is 0 Å². The number of carbonyl (C=O) groups is 2. The molecular formula is C16H28N2O3. The summed E-state index contributed by atoms with van der Waals surface area (Å²) in [4.78, 5) is 28.1. The number of carbonyl (C=O) groups excluding carboxylic acids is 1. The van der Waals surface area contributed by atoms with E-state index < -0.39 is 12.0 Å². The van der Waals surface area contributed by atoms with E-state index in [4.69, 9.17) is 0 Å². The highest BCUT2D eigenvalue weighted by Crippen LogP contribution is 2.37. The molecule has 1 N–H and O–H groups in total. The number of carboxylic acid groups (broad SMARTS) is 1. The lowest BCUT2D eigenvalue weighted by Crippen LogP contribution is -2.60. The Morgan fingerprint density at radius 1 is 1.14 bits per heavy atom. The molecule has 2 saturated heterocycles. The van der Waals surface area contributed by atoms with Gasteiger partial charge >= 0.3 is 12.0 Å². The molecule has 0 aromatic heterocycles. The second kappa shape index (κ2) is 5.85. The molecule has 0 radical (unpaired) electrons. The summed E-state index contributed by atoms with van der Waals surface area (Å²) in [5.41, 5.74) is -0.368. The summed E-state index contributed by atoms with van der Waals surface area (Å²) in [5.74, 6) is -0.467. The Bertz CT molecular complexity index is 420. The number of rotatable bonds is 2. The van der Waals surface area contributed by atoms with Gasteiger partial charge in [0.1, 0.15) is 6.04 Å². The minimum Gasteiger partial charge on any atom is -0.480 e. The Morgan fingerprint density at radius 3 is 2.33 bits per heavy atom. The summed E-state index contributed by atoms with van der Waals surface area (Å²) in [6.45, 7) is 9.48. The Kier molecular flexibility index (Phi) is 4.49. The molecule has 0 aliphatic carbocycles. The minimum atomic E-state index is -0.881. The monoisotopic (exact) mass is 296 g/mol. The van der Waals surface area contributed by atoms with Gasteiger partial charge in [0, 0.05) is 19.1 Å². The van der Waals surface area contributed by atoms with Crippen LogP contribution in [0.1, 0.15) is 53.4 Å². The van der Waals surface area contributed by atoms with Crippen molar-refractivity contribution in [3.8, 4) is 0 Å². The van der Waals surface area contributed by atoms with E-state index in [-0.39, 0.29) is 17.5 Å².